The number of H-pyrrole nitrogens is 1. The van der Waals surface area contributed by atoms with Crippen molar-refractivity contribution in [3.8, 4) is 0 Å². The van der Waals surface area contributed by atoms with Crippen LogP contribution in [0.4, 0.5) is 0 Å². The minimum Gasteiger partial charge on any atom is -0.351 e. The van der Waals surface area contributed by atoms with Crippen LogP contribution < -0.4 is 5.32 Å². The lowest BCUT2D eigenvalue weighted by Gasteiger charge is -2.34. The monoisotopic (exact) mass is 284 g/mol. The predicted molar refractivity (Wildman–Crippen MR) is 86.3 cm³/mol. The van der Waals surface area contributed by atoms with Gasteiger partial charge in [0.15, 0.2) is 0 Å². The first kappa shape index (κ1) is 14.2. The minimum atomic E-state index is 0.0312. The zero-order chi connectivity index (χ0) is 14.8. The van der Waals surface area contributed by atoms with E-state index in [9.17, 15) is 4.79 Å². The molecule has 0 bridgehead atoms. The van der Waals surface area contributed by atoms with Crippen LogP contribution in [0.25, 0.3) is 10.9 Å². The molecule has 3 rings (SSSR count). The molecule has 1 saturated carbocycles. The molecule has 1 amide bonds. The fraction of sp³-hybridized carbons (Fsp3) is 0.500. The number of hydrogen-bond acceptors (Lipinski definition) is 1. The molecule has 1 aliphatic rings. The third-order valence-electron chi connectivity index (χ3n) is 4.77. The van der Waals surface area contributed by atoms with Crippen LogP contribution in [0.1, 0.15) is 50.0 Å². The summed E-state index contributed by atoms with van der Waals surface area (Å²) in [5.41, 5.74) is 1.69. The Bertz CT molecular complexity index is 596. The Morgan fingerprint density at radius 2 is 2.00 bits per heavy atom. The fourth-order valence-electron chi connectivity index (χ4n) is 3.58. The van der Waals surface area contributed by atoms with E-state index in [1.54, 1.807) is 0 Å². The Morgan fingerprint density at radius 1 is 1.24 bits per heavy atom. The normalized spacial score (nSPS) is 22.6. The number of fused-ring (bicyclic) bond motifs is 1. The van der Waals surface area contributed by atoms with Gasteiger partial charge in [-0.15, -0.1) is 0 Å². The highest BCUT2D eigenvalue weighted by molar-refractivity contribution is 5.98. The van der Waals surface area contributed by atoms with Crippen molar-refractivity contribution in [2.75, 3.05) is 0 Å². The topological polar surface area (TPSA) is 44.9 Å². The van der Waals surface area contributed by atoms with Gasteiger partial charge in [0, 0.05) is 16.9 Å². The largest absolute Gasteiger partial charge is 0.351 e. The molecule has 2 atom stereocenters. The van der Waals surface area contributed by atoms with Crippen molar-refractivity contribution >= 4 is 16.8 Å². The van der Waals surface area contributed by atoms with Gasteiger partial charge in [-0.1, -0.05) is 44.9 Å². The van der Waals surface area contributed by atoms with Crippen molar-refractivity contribution in [2.24, 2.45) is 11.8 Å². The number of carbonyl (C=O) groups excluding carboxylic acids is 1. The summed E-state index contributed by atoms with van der Waals surface area (Å²) >= 11 is 0. The lowest BCUT2D eigenvalue weighted by molar-refractivity contribution is 0.0885. The summed E-state index contributed by atoms with van der Waals surface area (Å²) in [6, 6.07) is 10.3. The van der Waals surface area contributed by atoms with Gasteiger partial charge in [0.1, 0.15) is 5.69 Å². The highest BCUT2D eigenvalue weighted by Gasteiger charge is 2.29. The van der Waals surface area contributed by atoms with Gasteiger partial charge in [-0.25, -0.2) is 0 Å². The third kappa shape index (κ3) is 2.97. The summed E-state index contributed by atoms with van der Waals surface area (Å²) in [5, 5.41) is 4.35. The predicted octanol–water partition coefficient (Wildman–Crippen LogP) is 4.11. The summed E-state index contributed by atoms with van der Waals surface area (Å²) in [5.74, 6) is 1.26. The van der Waals surface area contributed by atoms with E-state index < -0.39 is 0 Å². The molecule has 1 heterocycles. The van der Waals surface area contributed by atoms with Crippen LogP contribution in [0.5, 0.6) is 0 Å². The Labute approximate surface area is 126 Å². The Morgan fingerprint density at radius 3 is 2.76 bits per heavy atom. The van der Waals surface area contributed by atoms with Gasteiger partial charge >= 0.3 is 0 Å². The van der Waals surface area contributed by atoms with E-state index in [2.05, 4.69) is 24.1 Å². The van der Waals surface area contributed by atoms with Gasteiger partial charge in [0.2, 0.25) is 0 Å². The maximum absolute atomic E-state index is 12.5. The average Bonchev–Trinajstić information content (AvgIpc) is 2.91. The van der Waals surface area contributed by atoms with Crippen LogP contribution in [0.3, 0.4) is 0 Å². The summed E-state index contributed by atoms with van der Waals surface area (Å²) in [7, 11) is 0. The van der Waals surface area contributed by atoms with Gasteiger partial charge in [-0.3, -0.25) is 4.79 Å². The molecule has 1 aromatic heterocycles. The van der Waals surface area contributed by atoms with Gasteiger partial charge < -0.3 is 10.3 Å². The van der Waals surface area contributed by atoms with E-state index in [0.29, 0.717) is 23.6 Å². The summed E-state index contributed by atoms with van der Waals surface area (Å²) in [6.45, 7) is 4.52. The second-order valence-corrected chi connectivity index (χ2v) is 6.54. The zero-order valence-corrected chi connectivity index (χ0v) is 12.9. The van der Waals surface area contributed by atoms with Crippen molar-refractivity contribution in [3.05, 3.63) is 36.0 Å². The Kier molecular flexibility index (Phi) is 4.00. The maximum atomic E-state index is 12.5. The maximum Gasteiger partial charge on any atom is 0.267 e. The van der Waals surface area contributed by atoms with Crippen LogP contribution >= 0.6 is 0 Å². The van der Waals surface area contributed by atoms with Crippen LogP contribution in [0.15, 0.2) is 30.3 Å². The van der Waals surface area contributed by atoms with E-state index in [1.165, 1.54) is 19.3 Å². The smallest absolute Gasteiger partial charge is 0.267 e. The number of rotatable bonds is 3. The molecule has 1 aromatic carbocycles. The van der Waals surface area contributed by atoms with Gasteiger partial charge in [-0.05, 0) is 36.8 Å². The van der Waals surface area contributed by atoms with Crippen molar-refractivity contribution in [2.45, 2.75) is 45.6 Å². The van der Waals surface area contributed by atoms with Gasteiger partial charge in [-0.2, -0.15) is 0 Å². The molecule has 3 heteroatoms. The number of para-hydroxylation sites is 1. The molecule has 2 aromatic rings. The van der Waals surface area contributed by atoms with Gasteiger partial charge in [0.25, 0.3) is 5.91 Å². The van der Waals surface area contributed by atoms with E-state index in [-0.39, 0.29) is 5.91 Å². The number of aromatic nitrogens is 1. The number of carbonyl (C=O) groups is 1. The number of aromatic amines is 1. The Balaban J connectivity index is 1.75. The lowest BCUT2D eigenvalue weighted by Crippen LogP contribution is -2.44. The summed E-state index contributed by atoms with van der Waals surface area (Å²) in [4.78, 5) is 15.7. The second-order valence-electron chi connectivity index (χ2n) is 6.54. The van der Waals surface area contributed by atoms with Crippen LogP contribution in [0.2, 0.25) is 0 Å². The summed E-state index contributed by atoms with van der Waals surface area (Å²) < 4.78 is 0. The zero-order valence-electron chi connectivity index (χ0n) is 12.9. The van der Waals surface area contributed by atoms with Crippen molar-refractivity contribution in [1.29, 1.82) is 0 Å². The van der Waals surface area contributed by atoms with Crippen LogP contribution in [-0.4, -0.2) is 16.9 Å². The lowest BCUT2D eigenvalue weighted by atomic mass is 9.78. The third-order valence-corrected chi connectivity index (χ3v) is 4.77. The van der Waals surface area contributed by atoms with E-state index in [0.717, 1.165) is 17.3 Å². The number of nitrogens with one attached hydrogen (secondary N) is 2. The SMILES string of the molecule is CC(C)C1CCCCC1NC(=O)c1cc2ccccc2[nH]1. The first-order valence-corrected chi connectivity index (χ1v) is 8.04. The quantitative estimate of drug-likeness (QED) is 0.875. The molecule has 21 heavy (non-hydrogen) atoms. The molecule has 1 fully saturated rings. The highest BCUT2D eigenvalue weighted by Crippen LogP contribution is 2.30. The second kappa shape index (κ2) is 5.92. The molecule has 112 valence electrons. The van der Waals surface area contributed by atoms with Crippen molar-refractivity contribution < 1.29 is 4.79 Å². The molecule has 2 unspecified atom stereocenters. The van der Waals surface area contributed by atoms with E-state index in [4.69, 9.17) is 0 Å². The number of benzene rings is 1. The molecular formula is C18H24N2O. The Hall–Kier alpha value is -1.77. The van der Waals surface area contributed by atoms with Crippen molar-refractivity contribution in [1.82, 2.24) is 10.3 Å². The molecule has 1 aliphatic carbocycles. The van der Waals surface area contributed by atoms with E-state index in [1.807, 2.05) is 30.3 Å². The first-order chi connectivity index (χ1) is 10.1. The molecule has 0 spiro atoms. The average molecular weight is 284 g/mol. The standard InChI is InChI=1S/C18H24N2O/c1-12(2)14-8-4-6-10-16(14)20-18(21)17-11-13-7-3-5-9-15(13)19-17/h3,5,7,9,11-12,14,16,19H,4,6,8,10H2,1-2H3,(H,20,21). The molecule has 2 N–H and O–H groups in total. The number of amides is 1. The highest BCUT2D eigenvalue weighted by atomic mass is 16.1. The first-order valence-electron chi connectivity index (χ1n) is 8.04. The molecular weight excluding hydrogens is 260 g/mol. The molecule has 0 radical (unpaired) electrons. The molecule has 0 aliphatic heterocycles. The molecule has 0 saturated heterocycles. The van der Waals surface area contributed by atoms with Crippen LogP contribution in [0, 0.1) is 11.8 Å². The van der Waals surface area contributed by atoms with Gasteiger partial charge in [0.05, 0.1) is 0 Å². The fourth-order valence-corrected chi connectivity index (χ4v) is 3.58. The van der Waals surface area contributed by atoms with Crippen molar-refractivity contribution in [3.63, 3.8) is 0 Å². The van der Waals surface area contributed by atoms with E-state index >= 15 is 0 Å². The molecule has 3 nitrogen and oxygen atoms in total. The minimum absolute atomic E-state index is 0.0312. The number of hydrogen-bond donors (Lipinski definition) is 2. The van der Waals surface area contributed by atoms with Crippen LogP contribution in [-0.2, 0) is 0 Å². The summed E-state index contributed by atoms with van der Waals surface area (Å²) in [6.07, 6.45) is 4.85.